The molecule has 0 radical (unpaired) electrons. The van der Waals surface area contributed by atoms with Gasteiger partial charge in [-0.05, 0) is 42.0 Å². The molecule has 2 rings (SSSR count). The van der Waals surface area contributed by atoms with Gasteiger partial charge in [0, 0.05) is 12.2 Å². The lowest BCUT2D eigenvalue weighted by molar-refractivity contribution is -0.121. The first kappa shape index (κ1) is 15.5. The molecule has 114 valence electrons. The fraction of sp³-hybridized carbons (Fsp3) is 0.529. The number of amides is 1. The Morgan fingerprint density at radius 3 is 2.67 bits per heavy atom. The molecule has 4 heteroatoms. The van der Waals surface area contributed by atoms with Gasteiger partial charge in [0.15, 0.2) is 0 Å². The molecule has 0 fully saturated rings. The molecule has 0 spiro atoms. The average Bonchev–Trinajstić information content (AvgIpc) is 2.75. The summed E-state index contributed by atoms with van der Waals surface area (Å²) < 4.78 is 0. The number of nitrogens with zero attached hydrogens (tertiary/aromatic N) is 1. The molecule has 1 aromatic rings. The normalized spacial score (nSPS) is 16.3. The van der Waals surface area contributed by atoms with E-state index in [2.05, 4.69) is 49.6 Å². The van der Waals surface area contributed by atoms with Crippen LogP contribution in [0.4, 0.5) is 5.69 Å². The van der Waals surface area contributed by atoms with E-state index in [4.69, 9.17) is 0 Å². The summed E-state index contributed by atoms with van der Waals surface area (Å²) in [6.45, 7) is 9.29. The van der Waals surface area contributed by atoms with Gasteiger partial charge >= 0.3 is 0 Å². The molecule has 0 bridgehead atoms. The summed E-state index contributed by atoms with van der Waals surface area (Å²) in [7, 11) is 0. The van der Waals surface area contributed by atoms with Crippen LogP contribution in [0.25, 0.3) is 0 Å². The second kappa shape index (κ2) is 6.29. The highest BCUT2D eigenvalue weighted by atomic mass is 16.2. The van der Waals surface area contributed by atoms with Gasteiger partial charge < -0.3 is 10.7 Å². The molecule has 0 aliphatic carbocycles. The lowest BCUT2D eigenvalue weighted by Gasteiger charge is -2.24. The summed E-state index contributed by atoms with van der Waals surface area (Å²) in [5.74, 6) is 0.686. The first-order chi connectivity index (χ1) is 10.0. The van der Waals surface area contributed by atoms with E-state index in [1.807, 2.05) is 18.3 Å². The lowest BCUT2D eigenvalue weighted by Crippen LogP contribution is -2.32. The molecule has 21 heavy (non-hydrogen) atoms. The molecular formula is C17H25N3O. The van der Waals surface area contributed by atoms with Gasteiger partial charge in [0.25, 0.3) is 0 Å². The molecule has 4 nitrogen and oxygen atoms in total. The molecule has 2 N–H and O–H groups in total. The maximum Gasteiger partial charge on any atom is 0.235 e. The number of nitrogens with one attached hydrogen (secondary N) is 2. The van der Waals surface area contributed by atoms with Gasteiger partial charge in [0.2, 0.25) is 5.91 Å². The summed E-state index contributed by atoms with van der Waals surface area (Å²) >= 11 is 0. The Hall–Kier alpha value is -1.84. The molecular weight excluding hydrogens is 262 g/mol. The predicted octanol–water partition coefficient (Wildman–Crippen LogP) is 3.28. The van der Waals surface area contributed by atoms with Crippen LogP contribution in [0, 0.1) is 5.92 Å². The standard InChI is InChI=1S/C17H25N3O/c1-5-17(6-2)14-9-13(11-19-18-10-12(3)4)7-8-15(14)20-16(17)21/h7-9,11-12,18H,5-6,10H2,1-4H3,(H,20,21)/b19-11+. The van der Waals surface area contributed by atoms with E-state index in [0.29, 0.717) is 5.92 Å². The quantitative estimate of drug-likeness (QED) is 0.623. The van der Waals surface area contributed by atoms with E-state index < -0.39 is 0 Å². The summed E-state index contributed by atoms with van der Waals surface area (Å²) in [4.78, 5) is 12.3. The molecule has 1 aliphatic rings. The van der Waals surface area contributed by atoms with Crippen molar-refractivity contribution in [3.05, 3.63) is 29.3 Å². The maximum atomic E-state index is 12.3. The van der Waals surface area contributed by atoms with Crippen molar-refractivity contribution in [2.75, 3.05) is 11.9 Å². The second-order valence-corrected chi connectivity index (χ2v) is 6.06. The number of anilines is 1. The topological polar surface area (TPSA) is 53.5 Å². The molecule has 1 heterocycles. The van der Waals surface area contributed by atoms with Gasteiger partial charge in [-0.2, -0.15) is 5.10 Å². The molecule has 0 unspecified atom stereocenters. The third-order valence-corrected chi connectivity index (χ3v) is 4.25. The van der Waals surface area contributed by atoms with Crippen molar-refractivity contribution in [2.24, 2.45) is 11.0 Å². The van der Waals surface area contributed by atoms with Crippen LogP contribution >= 0.6 is 0 Å². The Labute approximate surface area is 127 Å². The van der Waals surface area contributed by atoms with Crippen LogP contribution in [0.3, 0.4) is 0 Å². The number of carbonyl (C=O) groups excluding carboxylic acids is 1. The lowest BCUT2D eigenvalue weighted by atomic mass is 9.76. The average molecular weight is 287 g/mol. The number of hydrogen-bond acceptors (Lipinski definition) is 3. The minimum Gasteiger partial charge on any atom is -0.325 e. The van der Waals surface area contributed by atoms with Gasteiger partial charge in [-0.15, -0.1) is 0 Å². The van der Waals surface area contributed by atoms with Gasteiger partial charge in [0.1, 0.15) is 0 Å². The molecule has 0 aromatic heterocycles. The van der Waals surface area contributed by atoms with Crippen molar-refractivity contribution in [1.29, 1.82) is 0 Å². The summed E-state index contributed by atoms with van der Waals surface area (Å²) in [6.07, 6.45) is 3.45. The smallest absolute Gasteiger partial charge is 0.235 e. The minimum absolute atomic E-state index is 0.120. The monoisotopic (exact) mass is 287 g/mol. The van der Waals surface area contributed by atoms with E-state index in [0.717, 1.165) is 36.2 Å². The first-order valence-corrected chi connectivity index (χ1v) is 7.75. The highest BCUT2D eigenvalue weighted by Gasteiger charge is 2.43. The number of rotatable bonds is 6. The first-order valence-electron chi connectivity index (χ1n) is 7.75. The highest BCUT2D eigenvalue weighted by Crippen LogP contribution is 2.42. The fourth-order valence-corrected chi connectivity index (χ4v) is 2.82. The van der Waals surface area contributed by atoms with Crippen LogP contribution in [-0.2, 0) is 10.2 Å². The number of carbonyl (C=O) groups is 1. The molecule has 0 atom stereocenters. The molecule has 0 saturated carbocycles. The number of fused-ring (bicyclic) bond motifs is 1. The van der Waals surface area contributed by atoms with Crippen LogP contribution in [0.5, 0.6) is 0 Å². The van der Waals surface area contributed by atoms with E-state index >= 15 is 0 Å². The minimum atomic E-state index is -0.384. The van der Waals surface area contributed by atoms with Gasteiger partial charge in [-0.1, -0.05) is 33.8 Å². The Bertz CT molecular complexity index is 545. The zero-order valence-electron chi connectivity index (χ0n) is 13.4. The second-order valence-electron chi connectivity index (χ2n) is 6.06. The Balaban J connectivity index is 2.23. The van der Waals surface area contributed by atoms with Crippen LogP contribution in [0.2, 0.25) is 0 Å². The Morgan fingerprint density at radius 2 is 2.05 bits per heavy atom. The van der Waals surface area contributed by atoms with Crippen LogP contribution in [0.1, 0.15) is 51.7 Å². The Kier molecular flexibility index (Phi) is 4.66. The molecule has 1 amide bonds. The number of hydrazone groups is 1. The largest absolute Gasteiger partial charge is 0.325 e. The van der Waals surface area contributed by atoms with E-state index in [1.165, 1.54) is 0 Å². The third-order valence-electron chi connectivity index (χ3n) is 4.25. The van der Waals surface area contributed by atoms with Crippen molar-refractivity contribution in [3.63, 3.8) is 0 Å². The molecule has 0 saturated heterocycles. The zero-order valence-corrected chi connectivity index (χ0v) is 13.4. The SMILES string of the molecule is CCC1(CC)C(=O)Nc2ccc(/C=N/NCC(C)C)cc21. The molecule has 1 aromatic carbocycles. The van der Waals surface area contributed by atoms with Crippen molar-refractivity contribution in [2.45, 2.75) is 46.0 Å². The van der Waals surface area contributed by atoms with E-state index in [9.17, 15) is 4.79 Å². The van der Waals surface area contributed by atoms with Crippen molar-refractivity contribution in [3.8, 4) is 0 Å². The number of hydrogen-bond donors (Lipinski definition) is 2. The van der Waals surface area contributed by atoms with Crippen molar-refractivity contribution < 1.29 is 4.79 Å². The number of benzene rings is 1. The van der Waals surface area contributed by atoms with Crippen LogP contribution in [0.15, 0.2) is 23.3 Å². The zero-order chi connectivity index (χ0) is 15.5. The summed E-state index contributed by atoms with van der Waals surface area (Å²) in [5, 5.41) is 7.25. The van der Waals surface area contributed by atoms with Gasteiger partial charge in [-0.25, -0.2) is 0 Å². The van der Waals surface area contributed by atoms with Crippen molar-refractivity contribution in [1.82, 2.24) is 5.43 Å². The van der Waals surface area contributed by atoms with Crippen LogP contribution in [-0.4, -0.2) is 18.7 Å². The van der Waals surface area contributed by atoms with E-state index in [-0.39, 0.29) is 11.3 Å². The Morgan fingerprint density at radius 1 is 1.33 bits per heavy atom. The highest BCUT2D eigenvalue weighted by molar-refractivity contribution is 6.06. The fourth-order valence-electron chi connectivity index (χ4n) is 2.82. The van der Waals surface area contributed by atoms with Gasteiger partial charge in [0.05, 0.1) is 11.6 Å². The van der Waals surface area contributed by atoms with E-state index in [1.54, 1.807) is 0 Å². The maximum absolute atomic E-state index is 12.3. The summed E-state index contributed by atoms with van der Waals surface area (Å²) in [5.41, 5.74) is 5.72. The van der Waals surface area contributed by atoms with Crippen LogP contribution < -0.4 is 10.7 Å². The summed E-state index contributed by atoms with van der Waals surface area (Å²) in [6, 6.07) is 6.05. The predicted molar refractivity (Wildman–Crippen MR) is 87.8 cm³/mol. The van der Waals surface area contributed by atoms with Crippen molar-refractivity contribution >= 4 is 17.8 Å². The third kappa shape index (κ3) is 2.94. The molecule has 1 aliphatic heterocycles. The van der Waals surface area contributed by atoms with Gasteiger partial charge in [-0.3, -0.25) is 4.79 Å².